The van der Waals surface area contributed by atoms with Gasteiger partial charge in [-0.15, -0.1) is 0 Å². The number of aromatic nitrogens is 2. The van der Waals surface area contributed by atoms with Crippen LogP contribution >= 0.6 is 0 Å². The zero-order valence-corrected chi connectivity index (χ0v) is 13.8. The molecule has 0 bridgehead atoms. The summed E-state index contributed by atoms with van der Waals surface area (Å²) < 4.78 is 5.17. The van der Waals surface area contributed by atoms with Crippen molar-refractivity contribution in [2.45, 2.75) is 25.1 Å². The van der Waals surface area contributed by atoms with Crippen molar-refractivity contribution in [2.24, 2.45) is 0 Å². The molecule has 1 fully saturated rings. The molecule has 0 aliphatic carbocycles. The third-order valence-corrected chi connectivity index (χ3v) is 5.00. The summed E-state index contributed by atoms with van der Waals surface area (Å²) in [5.74, 6) is 1.16. The van der Waals surface area contributed by atoms with Gasteiger partial charge in [0.1, 0.15) is 0 Å². The minimum atomic E-state index is -0.398. The molecule has 0 radical (unpaired) electrons. The Labute approximate surface area is 141 Å². The van der Waals surface area contributed by atoms with Crippen LogP contribution in [-0.2, 0) is 13.0 Å². The molecule has 2 aromatic rings. The molecule has 0 unspecified atom stereocenters. The number of β-amino-alcohol motifs (C(OH)–C–C–N with tert-alkyl or cyclic N) is 1. The first-order valence-corrected chi connectivity index (χ1v) is 8.35. The van der Waals surface area contributed by atoms with Gasteiger partial charge < -0.3 is 14.7 Å². The third-order valence-electron chi connectivity index (χ3n) is 5.00. The first-order valence-electron chi connectivity index (χ1n) is 8.35. The maximum atomic E-state index is 10.6. The Morgan fingerprint density at radius 1 is 1.17 bits per heavy atom. The van der Waals surface area contributed by atoms with E-state index in [1.807, 2.05) is 4.90 Å². The van der Waals surface area contributed by atoms with Crippen LogP contribution < -0.4 is 9.64 Å². The summed E-state index contributed by atoms with van der Waals surface area (Å²) in [6.07, 6.45) is 2.33. The second kappa shape index (κ2) is 6.37. The van der Waals surface area contributed by atoms with E-state index in [4.69, 9.17) is 4.74 Å². The molecule has 126 valence electrons. The molecule has 0 saturated carbocycles. The summed E-state index contributed by atoms with van der Waals surface area (Å²) in [6, 6.07) is 10.4. The van der Waals surface area contributed by atoms with Crippen molar-refractivity contribution >= 4 is 5.95 Å². The summed E-state index contributed by atoms with van der Waals surface area (Å²) >= 11 is 0. The number of aliphatic hydroxyl groups excluding tert-OH is 1. The predicted molar refractivity (Wildman–Crippen MR) is 91.1 cm³/mol. The van der Waals surface area contributed by atoms with E-state index in [-0.39, 0.29) is 6.04 Å². The number of nitrogens with zero attached hydrogens (tertiary/aromatic N) is 4. The van der Waals surface area contributed by atoms with Crippen LogP contribution in [0.2, 0.25) is 0 Å². The average molecular weight is 326 g/mol. The number of anilines is 1. The molecule has 3 heterocycles. The molecule has 1 saturated heterocycles. The molecule has 1 N–H and O–H groups in total. The monoisotopic (exact) mass is 326 g/mol. The van der Waals surface area contributed by atoms with Gasteiger partial charge in [0.05, 0.1) is 19.3 Å². The van der Waals surface area contributed by atoms with Gasteiger partial charge in [-0.25, -0.2) is 4.98 Å². The molecule has 2 aliphatic heterocycles. The van der Waals surface area contributed by atoms with E-state index in [9.17, 15) is 5.11 Å². The van der Waals surface area contributed by atoms with Crippen molar-refractivity contribution in [2.75, 3.05) is 31.6 Å². The van der Waals surface area contributed by atoms with E-state index >= 15 is 0 Å². The van der Waals surface area contributed by atoms with Gasteiger partial charge in [0, 0.05) is 38.4 Å². The summed E-state index contributed by atoms with van der Waals surface area (Å²) in [5.41, 5.74) is 2.79. The van der Waals surface area contributed by atoms with Crippen LogP contribution in [0.1, 0.15) is 11.1 Å². The highest BCUT2D eigenvalue weighted by molar-refractivity contribution is 5.36. The highest BCUT2D eigenvalue weighted by atomic mass is 16.5. The van der Waals surface area contributed by atoms with E-state index in [1.54, 1.807) is 19.4 Å². The third kappa shape index (κ3) is 2.83. The highest BCUT2D eigenvalue weighted by Crippen LogP contribution is 2.26. The highest BCUT2D eigenvalue weighted by Gasteiger charge is 2.37. The molecule has 0 amide bonds. The van der Waals surface area contributed by atoms with Gasteiger partial charge in [-0.2, -0.15) is 4.98 Å². The largest absolute Gasteiger partial charge is 0.481 e. The van der Waals surface area contributed by atoms with E-state index in [0.29, 0.717) is 18.4 Å². The maximum Gasteiger partial charge on any atom is 0.228 e. The van der Waals surface area contributed by atoms with Gasteiger partial charge >= 0.3 is 0 Å². The number of aliphatic hydroxyl groups is 1. The number of ether oxygens (including phenoxy) is 1. The molecule has 0 spiro atoms. The number of benzene rings is 1. The van der Waals surface area contributed by atoms with Crippen molar-refractivity contribution in [3.05, 3.63) is 47.7 Å². The first-order chi connectivity index (χ1) is 11.7. The normalized spacial score (nSPS) is 24.0. The number of rotatable bonds is 3. The molecular formula is C18H22N4O2. The second-order valence-electron chi connectivity index (χ2n) is 6.43. The minimum absolute atomic E-state index is 0.105. The van der Waals surface area contributed by atoms with Crippen LogP contribution in [0.5, 0.6) is 5.88 Å². The fourth-order valence-electron chi connectivity index (χ4n) is 3.69. The molecular weight excluding hydrogens is 304 g/mol. The van der Waals surface area contributed by atoms with Gasteiger partial charge in [0.15, 0.2) is 0 Å². The predicted octanol–water partition coefficient (Wildman–Crippen LogP) is 1.09. The molecule has 1 aromatic carbocycles. The van der Waals surface area contributed by atoms with Crippen LogP contribution in [-0.4, -0.2) is 58.9 Å². The average Bonchev–Trinajstić information content (AvgIpc) is 3.03. The van der Waals surface area contributed by atoms with Crippen LogP contribution in [0.15, 0.2) is 36.5 Å². The van der Waals surface area contributed by atoms with E-state index in [1.165, 1.54) is 11.1 Å². The van der Waals surface area contributed by atoms with Crippen LogP contribution in [0, 0.1) is 0 Å². The van der Waals surface area contributed by atoms with Crippen molar-refractivity contribution < 1.29 is 9.84 Å². The summed E-state index contributed by atoms with van der Waals surface area (Å²) in [7, 11) is 1.60. The number of methoxy groups -OCH3 is 1. The van der Waals surface area contributed by atoms with E-state index in [2.05, 4.69) is 39.1 Å². The molecule has 6 nitrogen and oxygen atoms in total. The molecule has 4 rings (SSSR count). The molecule has 24 heavy (non-hydrogen) atoms. The Morgan fingerprint density at radius 2 is 2.00 bits per heavy atom. The van der Waals surface area contributed by atoms with Gasteiger partial charge in [0.2, 0.25) is 11.8 Å². The Morgan fingerprint density at radius 3 is 2.83 bits per heavy atom. The number of fused-ring (bicyclic) bond motifs is 1. The Bertz CT molecular complexity index is 724. The molecule has 2 atom stereocenters. The lowest BCUT2D eigenvalue weighted by Gasteiger charge is -2.34. The lowest BCUT2D eigenvalue weighted by molar-refractivity contribution is 0.0747. The Kier molecular flexibility index (Phi) is 4.08. The fraction of sp³-hybridized carbons (Fsp3) is 0.444. The van der Waals surface area contributed by atoms with Crippen LogP contribution in [0.4, 0.5) is 5.95 Å². The number of hydrogen-bond donors (Lipinski definition) is 1. The zero-order chi connectivity index (χ0) is 16.5. The lowest BCUT2D eigenvalue weighted by atomic mass is 9.98. The van der Waals surface area contributed by atoms with E-state index in [0.717, 1.165) is 26.1 Å². The zero-order valence-electron chi connectivity index (χ0n) is 13.8. The van der Waals surface area contributed by atoms with Crippen LogP contribution in [0.25, 0.3) is 0 Å². The quantitative estimate of drug-likeness (QED) is 0.911. The van der Waals surface area contributed by atoms with Crippen molar-refractivity contribution in [3.63, 3.8) is 0 Å². The van der Waals surface area contributed by atoms with Gasteiger partial charge in [-0.3, -0.25) is 4.90 Å². The minimum Gasteiger partial charge on any atom is -0.481 e. The summed E-state index contributed by atoms with van der Waals surface area (Å²) in [4.78, 5) is 13.1. The summed E-state index contributed by atoms with van der Waals surface area (Å²) in [6.45, 7) is 3.16. The fourth-order valence-corrected chi connectivity index (χ4v) is 3.69. The number of hydrogen-bond acceptors (Lipinski definition) is 6. The van der Waals surface area contributed by atoms with Crippen LogP contribution in [0.3, 0.4) is 0 Å². The van der Waals surface area contributed by atoms with Gasteiger partial charge in [-0.1, -0.05) is 24.3 Å². The molecule has 2 aliphatic rings. The van der Waals surface area contributed by atoms with Crippen molar-refractivity contribution in [1.82, 2.24) is 14.9 Å². The van der Waals surface area contributed by atoms with Gasteiger partial charge in [0.25, 0.3) is 0 Å². The van der Waals surface area contributed by atoms with Gasteiger partial charge in [-0.05, 0) is 17.5 Å². The van der Waals surface area contributed by atoms with E-state index < -0.39 is 6.10 Å². The lowest BCUT2D eigenvalue weighted by Crippen LogP contribution is -2.45. The van der Waals surface area contributed by atoms with Crippen molar-refractivity contribution in [3.8, 4) is 5.88 Å². The Balaban J connectivity index is 1.49. The summed E-state index contributed by atoms with van der Waals surface area (Å²) in [5, 5.41) is 10.6. The van der Waals surface area contributed by atoms with Crippen molar-refractivity contribution in [1.29, 1.82) is 0 Å². The standard InChI is InChI=1S/C18H22N4O2/c1-24-17-6-8-19-18(20-17)22-11-15(16(23)12-22)21-9-7-13-4-2-3-5-14(13)10-21/h2-6,8,15-16,23H,7,9-12H2,1H3/t15-,16-/m1/s1. The second-order valence-corrected chi connectivity index (χ2v) is 6.43. The molecule has 1 aromatic heterocycles. The molecule has 6 heteroatoms. The SMILES string of the molecule is COc1ccnc(N2C[C@@H](O)[C@H](N3CCc4ccccc4C3)C2)n1. The Hall–Kier alpha value is -2.18. The maximum absolute atomic E-state index is 10.6. The smallest absolute Gasteiger partial charge is 0.228 e. The topological polar surface area (TPSA) is 61.7 Å². The first kappa shape index (κ1) is 15.4.